The van der Waals surface area contributed by atoms with Crippen molar-refractivity contribution in [1.29, 1.82) is 0 Å². The third kappa shape index (κ3) is 1.82. The number of fused-ring (bicyclic) bond motifs is 1. The summed E-state index contributed by atoms with van der Waals surface area (Å²) in [5.41, 5.74) is 10.2. The molecular weight excluding hydrogens is 198 g/mol. The lowest BCUT2D eigenvalue weighted by Crippen LogP contribution is -2.21. The Labute approximate surface area is 97.8 Å². The molecule has 0 fully saturated rings. The van der Waals surface area contributed by atoms with E-state index in [0.29, 0.717) is 5.92 Å². The van der Waals surface area contributed by atoms with Gasteiger partial charge in [-0.05, 0) is 49.8 Å². The number of ether oxygens (including phenoxy) is 1. The van der Waals surface area contributed by atoms with E-state index in [9.17, 15) is 0 Å². The summed E-state index contributed by atoms with van der Waals surface area (Å²) in [5, 5.41) is 0. The van der Waals surface area contributed by atoms with Gasteiger partial charge in [0.25, 0.3) is 0 Å². The molecule has 1 aliphatic rings. The van der Waals surface area contributed by atoms with Crippen molar-refractivity contribution in [2.45, 2.75) is 45.6 Å². The van der Waals surface area contributed by atoms with Gasteiger partial charge >= 0.3 is 0 Å². The van der Waals surface area contributed by atoms with Gasteiger partial charge in [0.2, 0.25) is 0 Å². The highest BCUT2D eigenvalue weighted by Crippen LogP contribution is 2.42. The van der Waals surface area contributed by atoms with Gasteiger partial charge in [0, 0.05) is 11.6 Å². The van der Waals surface area contributed by atoms with Crippen LogP contribution in [0.25, 0.3) is 0 Å². The molecule has 1 aliphatic carbocycles. The first-order valence-corrected chi connectivity index (χ1v) is 6.17. The number of hydrogen-bond donors (Lipinski definition) is 1. The molecule has 1 aromatic rings. The minimum Gasteiger partial charge on any atom is -0.494 e. The molecule has 2 rings (SSSR count). The molecule has 88 valence electrons. The second kappa shape index (κ2) is 4.46. The average molecular weight is 219 g/mol. The number of aryl methyl sites for hydroxylation is 1. The van der Waals surface area contributed by atoms with Crippen molar-refractivity contribution in [2.24, 2.45) is 5.73 Å². The van der Waals surface area contributed by atoms with Crippen molar-refractivity contribution in [1.82, 2.24) is 0 Å². The van der Waals surface area contributed by atoms with Crippen LogP contribution >= 0.6 is 0 Å². The Hall–Kier alpha value is -1.02. The van der Waals surface area contributed by atoms with Crippen LogP contribution in [0.2, 0.25) is 0 Å². The van der Waals surface area contributed by atoms with Crippen LogP contribution < -0.4 is 10.5 Å². The molecule has 2 atom stereocenters. The summed E-state index contributed by atoms with van der Waals surface area (Å²) < 4.78 is 5.72. The Balaban J connectivity index is 2.55. The quantitative estimate of drug-likeness (QED) is 0.828. The van der Waals surface area contributed by atoms with E-state index in [-0.39, 0.29) is 6.04 Å². The van der Waals surface area contributed by atoms with Crippen molar-refractivity contribution in [3.8, 4) is 5.75 Å². The maximum Gasteiger partial charge on any atom is 0.123 e. The molecule has 0 aromatic heterocycles. The molecule has 0 saturated heterocycles. The maximum atomic E-state index is 6.22. The molecule has 16 heavy (non-hydrogen) atoms. The number of benzene rings is 1. The van der Waals surface area contributed by atoms with Crippen molar-refractivity contribution < 1.29 is 4.74 Å². The van der Waals surface area contributed by atoms with Crippen molar-refractivity contribution in [3.63, 3.8) is 0 Å². The van der Waals surface area contributed by atoms with Gasteiger partial charge in [-0.15, -0.1) is 0 Å². The molecule has 2 N–H and O–H groups in total. The molecular formula is C14H21NO. The zero-order valence-electron chi connectivity index (χ0n) is 10.4. The van der Waals surface area contributed by atoms with Gasteiger partial charge in [-0.25, -0.2) is 0 Å². The van der Waals surface area contributed by atoms with Crippen LogP contribution in [0.15, 0.2) is 12.1 Å². The fraction of sp³-hybridized carbons (Fsp3) is 0.571. The van der Waals surface area contributed by atoms with Crippen molar-refractivity contribution >= 4 is 0 Å². The van der Waals surface area contributed by atoms with Gasteiger partial charge in [0.15, 0.2) is 0 Å². The highest BCUT2D eigenvalue weighted by Gasteiger charge is 2.26. The topological polar surface area (TPSA) is 35.2 Å². The average Bonchev–Trinajstić information content (AvgIpc) is 2.26. The largest absolute Gasteiger partial charge is 0.494 e. The summed E-state index contributed by atoms with van der Waals surface area (Å²) >= 11 is 0. The van der Waals surface area contributed by atoms with Crippen LogP contribution in [0.1, 0.15) is 55.3 Å². The Morgan fingerprint density at radius 1 is 1.31 bits per heavy atom. The zero-order chi connectivity index (χ0) is 11.7. The Morgan fingerprint density at radius 3 is 2.75 bits per heavy atom. The molecule has 2 nitrogen and oxygen atoms in total. The molecule has 0 bridgehead atoms. The minimum atomic E-state index is 0.187. The summed E-state index contributed by atoms with van der Waals surface area (Å²) in [5.74, 6) is 1.60. The first-order chi connectivity index (χ1) is 7.65. The lowest BCUT2D eigenvalue weighted by atomic mass is 9.79. The number of nitrogens with two attached hydrogens (primary N) is 1. The van der Waals surface area contributed by atoms with E-state index in [1.54, 1.807) is 0 Å². The van der Waals surface area contributed by atoms with E-state index >= 15 is 0 Å². The molecule has 1 unspecified atom stereocenters. The smallest absolute Gasteiger partial charge is 0.123 e. The van der Waals surface area contributed by atoms with Crippen molar-refractivity contribution in [2.75, 3.05) is 6.61 Å². The fourth-order valence-corrected chi connectivity index (χ4v) is 2.73. The van der Waals surface area contributed by atoms with Gasteiger partial charge in [-0.1, -0.05) is 13.0 Å². The van der Waals surface area contributed by atoms with Gasteiger partial charge in [-0.2, -0.15) is 0 Å². The Morgan fingerprint density at radius 2 is 2.06 bits per heavy atom. The van der Waals surface area contributed by atoms with E-state index < -0.39 is 0 Å². The van der Waals surface area contributed by atoms with E-state index in [2.05, 4.69) is 26.0 Å². The summed E-state index contributed by atoms with van der Waals surface area (Å²) in [4.78, 5) is 0. The highest BCUT2D eigenvalue weighted by atomic mass is 16.5. The second-order valence-electron chi connectivity index (χ2n) is 4.73. The Bertz CT molecular complexity index is 387. The molecule has 2 heteroatoms. The monoisotopic (exact) mass is 219 g/mol. The lowest BCUT2D eigenvalue weighted by Gasteiger charge is -2.30. The molecule has 0 aliphatic heterocycles. The second-order valence-corrected chi connectivity index (χ2v) is 4.73. The standard InChI is InChI=1S/C14H21NO/c1-4-16-12-8-6-9(2)13-11(15)7-5-10(3)14(12)13/h6,8,10-11H,4-5,7,15H2,1-3H3/t10?,11-/m1/s1. The number of rotatable bonds is 2. The van der Waals surface area contributed by atoms with E-state index in [0.717, 1.165) is 25.2 Å². The van der Waals surface area contributed by atoms with Crippen LogP contribution in [-0.4, -0.2) is 6.61 Å². The van der Waals surface area contributed by atoms with Crippen LogP contribution in [0.5, 0.6) is 5.75 Å². The van der Waals surface area contributed by atoms with Crippen LogP contribution in [0.3, 0.4) is 0 Å². The maximum absolute atomic E-state index is 6.22. The molecule has 0 spiro atoms. The van der Waals surface area contributed by atoms with Gasteiger partial charge in [-0.3, -0.25) is 0 Å². The summed E-state index contributed by atoms with van der Waals surface area (Å²) in [6, 6.07) is 4.40. The minimum absolute atomic E-state index is 0.187. The summed E-state index contributed by atoms with van der Waals surface area (Å²) in [6.07, 6.45) is 2.25. The molecule has 1 aromatic carbocycles. The van der Waals surface area contributed by atoms with E-state index in [1.807, 2.05) is 6.92 Å². The summed E-state index contributed by atoms with van der Waals surface area (Å²) in [7, 11) is 0. The third-order valence-electron chi connectivity index (χ3n) is 3.54. The normalized spacial score (nSPS) is 24.0. The zero-order valence-corrected chi connectivity index (χ0v) is 10.4. The van der Waals surface area contributed by atoms with E-state index in [1.165, 1.54) is 16.7 Å². The molecule has 0 amide bonds. The SMILES string of the molecule is CCOc1ccc(C)c2c1C(C)CC[C@H]2N. The highest BCUT2D eigenvalue weighted by molar-refractivity contribution is 5.49. The molecule has 0 heterocycles. The van der Waals surface area contributed by atoms with Gasteiger partial charge in [0.05, 0.1) is 6.61 Å². The molecule has 0 radical (unpaired) electrons. The summed E-state index contributed by atoms with van der Waals surface area (Å²) in [6.45, 7) is 7.16. The third-order valence-corrected chi connectivity index (χ3v) is 3.54. The van der Waals surface area contributed by atoms with Crippen molar-refractivity contribution in [3.05, 3.63) is 28.8 Å². The lowest BCUT2D eigenvalue weighted by molar-refractivity contribution is 0.329. The number of hydrogen-bond acceptors (Lipinski definition) is 2. The first kappa shape index (κ1) is 11.5. The molecule has 0 saturated carbocycles. The van der Waals surface area contributed by atoms with E-state index in [4.69, 9.17) is 10.5 Å². The van der Waals surface area contributed by atoms with Gasteiger partial charge < -0.3 is 10.5 Å². The van der Waals surface area contributed by atoms with Gasteiger partial charge in [0.1, 0.15) is 5.75 Å². The van der Waals surface area contributed by atoms with Crippen LogP contribution in [-0.2, 0) is 0 Å². The first-order valence-electron chi connectivity index (χ1n) is 6.17. The Kier molecular flexibility index (Phi) is 3.20. The predicted octanol–water partition coefficient (Wildman–Crippen LogP) is 3.29. The predicted molar refractivity (Wildman–Crippen MR) is 66.9 cm³/mol. The van der Waals surface area contributed by atoms with Crippen LogP contribution in [0.4, 0.5) is 0 Å². The fourth-order valence-electron chi connectivity index (χ4n) is 2.73. The van der Waals surface area contributed by atoms with Crippen LogP contribution in [0, 0.1) is 6.92 Å².